The molecule has 0 radical (unpaired) electrons. The molecule has 0 spiro atoms. The second-order valence-corrected chi connectivity index (χ2v) is 11.4. The number of benzene rings is 2. The number of hydrogen-bond donors (Lipinski definition) is 0. The number of aromatic nitrogens is 1. The molecule has 5 rings (SSSR count). The van der Waals surface area contributed by atoms with Crippen LogP contribution >= 0.6 is 11.8 Å². The standard InChI is InChI=1S/C39H38N2S.C2H6.CH4/c1-7-12-13-20-31-26-29-25-30(41-37(19-10-4)32(11-5)33-21-14-15-22-38(33)41)27-34(39(29)42-31)36-24-16-23-35(40(36)6)28(17-8-2)18-9-3;1-2;/h7-25,27,36H,1-2,5,26H2,3-4,6H3;1-2H3;1H4/b13-12-,18-9-,19-10-,28-17+,31-20+;;. The number of rotatable bonds is 9. The van der Waals surface area contributed by atoms with Gasteiger partial charge in [-0.25, -0.2) is 0 Å². The molecule has 2 aliphatic rings. The fourth-order valence-electron chi connectivity index (χ4n) is 5.88. The fourth-order valence-corrected chi connectivity index (χ4v) is 7.08. The first-order valence-corrected chi connectivity index (χ1v) is 16.2. The molecule has 0 bridgehead atoms. The van der Waals surface area contributed by atoms with E-state index in [4.69, 9.17) is 0 Å². The van der Waals surface area contributed by atoms with Crippen LogP contribution in [0.1, 0.15) is 63.5 Å². The van der Waals surface area contributed by atoms with Gasteiger partial charge in [0.05, 0.1) is 17.3 Å². The average Bonchev–Trinajstić information content (AvgIpc) is 3.60. The van der Waals surface area contributed by atoms with Crippen LogP contribution in [0, 0.1) is 0 Å². The summed E-state index contributed by atoms with van der Waals surface area (Å²) in [6.45, 7) is 20.1. The van der Waals surface area contributed by atoms with Gasteiger partial charge in [-0.2, -0.15) is 0 Å². The predicted octanol–water partition coefficient (Wildman–Crippen LogP) is 12.4. The molecule has 2 aromatic carbocycles. The molecular formula is C42H48N2S. The van der Waals surface area contributed by atoms with Crippen molar-refractivity contribution in [2.45, 2.75) is 52.5 Å². The van der Waals surface area contributed by atoms with Crippen LogP contribution in [0.3, 0.4) is 0 Å². The molecule has 45 heavy (non-hydrogen) atoms. The highest BCUT2D eigenvalue weighted by molar-refractivity contribution is 8.03. The monoisotopic (exact) mass is 612 g/mol. The van der Waals surface area contributed by atoms with Crippen molar-refractivity contribution in [2.24, 2.45) is 0 Å². The Labute approximate surface area is 276 Å². The van der Waals surface area contributed by atoms with Gasteiger partial charge in [0.2, 0.25) is 0 Å². The van der Waals surface area contributed by atoms with Crippen molar-refractivity contribution in [1.82, 2.24) is 9.47 Å². The zero-order valence-electron chi connectivity index (χ0n) is 26.8. The topological polar surface area (TPSA) is 8.17 Å². The van der Waals surface area contributed by atoms with Crippen LogP contribution < -0.4 is 0 Å². The molecule has 3 heterocycles. The van der Waals surface area contributed by atoms with Crippen LogP contribution in [0.4, 0.5) is 0 Å². The van der Waals surface area contributed by atoms with Crippen LogP contribution in [0.25, 0.3) is 28.7 Å². The maximum Gasteiger partial charge on any atom is 0.0738 e. The summed E-state index contributed by atoms with van der Waals surface area (Å²) < 4.78 is 2.40. The second-order valence-electron chi connectivity index (χ2n) is 10.3. The summed E-state index contributed by atoms with van der Waals surface area (Å²) in [4.78, 5) is 5.05. The maximum atomic E-state index is 4.18. The van der Waals surface area contributed by atoms with Crippen molar-refractivity contribution in [3.05, 3.63) is 168 Å². The highest BCUT2D eigenvalue weighted by Crippen LogP contribution is 2.48. The number of fused-ring (bicyclic) bond motifs is 2. The van der Waals surface area contributed by atoms with E-state index in [9.17, 15) is 0 Å². The van der Waals surface area contributed by atoms with Gasteiger partial charge >= 0.3 is 0 Å². The Bertz CT molecular complexity index is 1760. The summed E-state index contributed by atoms with van der Waals surface area (Å²) in [5.74, 6) is 0. The number of thioether (sulfide) groups is 1. The highest BCUT2D eigenvalue weighted by Gasteiger charge is 2.29. The van der Waals surface area contributed by atoms with Gasteiger partial charge < -0.3 is 9.47 Å². The van der Waals surface area contributed by atoms with Gasteiger partial charge in [0, 0.05) is 40.7 Å². The maximum absolute atomic E-state index is 4.18. The number of likely N-dealkylation sites (N-methyl/N-ethyl adjacent to an activating group) is 1. The van der Waals surface area contributed by atoms with Crippen LogP contribution in [0.2, 0.25) is 0 Å². The lowest BCUT2D eigenvalue weighted by Gasteiger charge is -2.34. The summed E-state index contributed by atoms with van der Waals surface area (Å²) in [5.41, 5.74) is 9.61. The minimum Gasteiger partial charge on any atom is -0.364 e. The number of allylic oxidation sites excluding steroid dienone is 12. The third-order valence-electron chi connectivity index (χ3n) is 7.65. The van der Waals surface area contributed by atoms with Crippen LogP contribution in [0.5, 0.6) is 0 Å². The van der Waals surface area contributed by atoms with Gasteiger partial charge in [-0.05, 0) is 65.8 Å². The molecule has 1 atom stereocenters. The van der Waals surface area contributed by atoms with Gasteiger partial charge in [-0.15, -0.1) is 0 Å². The van der Waals surface area contributed by atoms with E-state index in [1.54, 1.807) is 0 Å². The molecule has 0 aliphatic carbocycles. The Kier molecular flexibility index (Phi) is 12.9. The first-order valence-electron chi connectivity index (χ1n) is 15.3. The molecule has 0 saturated carbocycles. The summed E-state index contributed by atoms with van der Waals surface area (Å²) in [6.07, 6.45) is 30.1. The van der Waals surface area contributed by atoms with Crippen LogP contribution in [-0.4, -0.2) is 16.5 Å². The molecule has 0 fully saturated rings. The van der Waals surface area contributed by atoms with Gasteiger partial charge in [-0.3, -0.25) is 0 Å². The smallest absolute Gasteiger partial charge is 0.0738 e. The van der Waals surface area contributed by atoms with Crippen molar-refractivity contribution in [3.8, 4) is 5.69 Å². The van der Waals surface area contributed by atoms with E-state index < -0.39 is 0 Å². The second kappa shape index (κ2) is 16.6. The van der Waals surface area contributed by atoms with E-state index >= 15 is 0 Å². The zero-order valence-corrected chi connectivity index (χ0v) is 27.6. The van der Waals surface area contributed by atoms with E-state index in [2.05, 4.69) is 147 Å². The first-order chi connectivity index (χ1) is 21.6. The van der Waals surface area contributed by atoms with E-state index in [1.165, 1.54) is 37.5 Å². The molecule has 2 nitrogen and oxygen atoms in total. The zero-order chi connectivity index (χ0) is 31.6. The third-order valence-corrected chi connectivity index (χ3v) is 8.89. The Hall–Kier alpha value is -4.47. The Morgan fingerprint density at radius 1 is 1.00 bits per heavy atom. The fraction of sp³-hybridized carbons (Fsp3) is 0.190. The Morgan fingerprint density at radius 3 is 2.47 bits per heavy atom. The number of nitrogens with zero attached hydrogens (tertiary/aromatic N) is 2. The largest absolute Gasteiger partial charge is 0.364 e. The van der Waals surface area contributed by atoms with Crippen molar-refractivity contribution in [3.63, 3.8) is 0 Å². The number of para-hydroxylation sites is 1. The molecule has 3 aromatic rings. The molecule has 0 amide bonds. The van der Waals surface area contributed by atoms with E-state index in [0.717, 1.165) is 28.9 Å². The van der Waals surface area contributed by atoms with Gasteiger partial charge in [-0.1, -0.05) is 144 Å². The normalized spacial score (nSPS) is 17.0. The van der Waals surface area contributed by atoms with Gasteiger partial charge in [0.25, 0.3) is 0 Å². The van der Waals surface area contributed by atoms with Gasteiger partial charge in [0.1, 0.15) is 0 Å². The molecule has 2 aliphatic heterocycles. The van der Waals surface area contributed by atoms with Crippen molar-refractivity contribution >= 4 is 34.8 Å². The average molecular weight is 613 g/mol. The molecule has 0 saturated heterocycles. The van der Waals surface area contributed by atoms with Gasteiger partial charge in [0.15, 0.2) is 0 Å². The lowest BCUT2D eigenvalue weighted by molar-refractivity contribution is 0.359. The molecule has 232 valence electrons. The van der Waals surface area contributed by atoms with E-state index in [0.29, 0.717) is 0 Å². The minimum atomic E-state index is 0. The molecule has 1 unspecified atom stereocenters. The van der Waals surface area contributed by atoms with Crippen molar-refractivity contribution < 1.29 is 0 Å². The molecule has 1 aromatic heterocycles. The molecule has 3 heteroatoms. The Balaban J connectivity index is 0.00000180. The Morgan fingerprint density at radius 2 is 1.78 bits per heavy atom. The molecular weight excluding hydrogens is 565 g/mol. The third kappa shape index (κ3) is 7.10. The van der Waals surface area contributed by atoms with Crippen molar-refractivity contribution in [1.29, 1.82) is 0 Å². The lowest BCUT2D eigenvalue weighted by atomic mass is 9.95. The predicted molar refractivity (Wildman–Crippen MR) is 204 cm³/mol. The summed E-state index contributed by atoms with van der Waals surface area (Å²) >= 11 is 1.88. The number of hydrogen-bond acceptors (Lipinski definition) is 2. The SMILES string of the molecule is C.C=C/C=C\C=C1/Cc2cc(-n3c(/C=C\C)c(C=C)c4ccccc43)cc(C3C=CC=C(C(/C=C\C)=C/C=C)N3C)c2S1.CC. The lowest BCUT2D eigenvalue weighted by Crippen LogP contribution is -2.26. The van der Waals surface area contributed by atoms with Crippen LogP contribution in [-0.2, 0) is 6.42 Å². The molecule has 0 N–H and O–H groups in total. The van der Waals surface area contributed by atoms with E-state index in [1.807, 2.05) is 49.9 Å². The van der Waals surface area contributed by atoms with Crippen LogP contribution in [0.15, 0.2) is 150 Å². The highest BCUT2D eigenvalue weighted by atomic mass is 32.2. The quantitative estimate of drug-likeness (QED) is 0.222. The first kappa shape index (κ1) is 35.0. The summed E-state index contributed by atoms with van der Waals surface area (Å²) in [7, 11) is 2.19. The minimum absolute atomic E-state index is 0. The summed E-state index contributed by atoms with van der Waals surface area (Å²) in [6, 6.07) is 13.5. The van der Waals surface area contributed by atoms with E-state index in [-0.39, 0.29) is 13.5 Å². The summed E-state index contributed by atoms with van der Waals surface area (Å²) in [5, 5.41) is 1.21. The van der Waals surface area contributed by atoms with Crippen molar-refractivity contribution in [2.75, 3.05) is 7.05 Å².